The van der Waals surface area contributed by atoms with E-state index < -0.39 is 46.9 Å². The maximum absolute atomic E-state index is 10.8. The molecule has 27 heavy (non-hydrogen) atoms. The highest BCUT2D eigenvalue weighted by atomic mass is 32.3. The Morgan fingerprint density at radius 3 is 2.33 bits per heavy atom. The number of phenols is 1. The molecule has 152 valence electrons. The predicted molar refractivity (Wildman–Crippen MR) is 93.2 cm³/mol. The molecule has 0 aliphatic carbocycles. The summed E-state index contributed by atoms with van der Waals surface area (Å²) in [5, 5.41) is 51.4. The number of thioether (sulfide) groups is 1. The highest BCUT2D eigenvalue weighted by Crippen LogP contribution is 2.30. The van der Waals surface area contributed by atoms with Gasteiger partial charge in [0, 0.05) is 6.42 Å². The quantitative estimate of drug-likeness (QED) is 0.136. The third kappa shape index (κ3) is 6.29. The molecule has 11 nitrogen and oxygen atoms in total. The maximum atomic E-state index is 10.8. The highest BCUT2D eigenvalue weighted by molar-refractivity contribution is 8.14. The van der Waals surface area contributed by atoms with Crippen molar-refractivity contribution in [3.8, 4) is 5.75 Å². The van der Waals surface area contributed by atoms with Crippen LogP contribution < -0.4 is 0 Å². The summed E-state index contributed by atoms with van der Waals surface area (Å²) in [6.45, 7) is -0.631. The zero-order chi connectivity index (χ0) is 20.2. The maximum Gasteiger partial charge on any atom is 0.466 e. The van der Waals surface area contributed by atoms with E-state index in [0.717, 1.165) is 0 Å². The lowest BCUT2D eigenvalue weighted by atomic mass is 10.0. The first-order chi connectivity index (χ1) is 12.6. The molecule has 0 radical (unpaired) electrons. The summed E-state index contributed by atoms with van der Waals surface area (Å²) in [6, 6.07) is 5.81. The Balaban J connectivity index is 2.20. The zero-order valence-corrected chi connectivity index (χ0v) is 15.3. The number of phenolic OH excluding ortho intramolecular Hbond substituents is 1. The summed E-state index contributed by atoms with van der Waals surface area (Å²) in [7, 11) is -4.88. The molecule has 0 amide bonds. The van der Waals surface area contributed by atoms with E-state index in [9.17, 15) is 34.0 Å². The van der Waals surface area contributed by atoms with Crippen molar-refractivity contribution in [3.05, 3.63) is 29.8 Å². The van der Waals surface area contributed by atoms with Crippen LogP contribution in [0.5, 0.6) is 5.75 Å². The van der Waals surface area contributed by atoms with Crippen LogP contribution in [0.1, 0.15) is 5.56 Å². The molecular formula is C14H19NO10S2. The monoisotopic (exact) mass is 425 g/mol. The van der Waals surface area contributed by atoms with E-state index in [0.29, 0.717) is 17.3 Å². The van der Waals surface area contributed by atoms with Crippen LogP contribution >= 0.6 is 11.8 Å². The van der Waals surface area contributed by atoms with Gasteiger partial charge in [-0.05, 0) is 17.7 Å². The van der Waals surface area contributed by atoms with Gasteiger partial charge in [-0.1, -0.05) is 29.1 Å². The van der Waals surface area contributed by atoms with Crippen molar-refractivity contribution in [2.75, 3.05) is 6.61 Å². The lowest BCUT2D eigenvalue weighted by Crippen LogP contribution is -2.57. The van der Waals surface area contributed by atoms with Gasteiger partial charge in [0.15, 0.2) is 0 Å². The van der Waals surface area contributed by atoms with Crippen LogP contribution in [0.4, 0.5) is 0 Å². The van der Waals surface area contributed by atoms with E-state index >= 15 is 0 Å². The molecule has 1 heterocycles. The van der Waals surface area contributed by atoms with E-state index in [4.69, 9.17) is 9.29 Å². The van der Waals surface area contributed by atoms with Crippen LogP contribution in [0, 0.1) is 0 Å². The fourth-order valence-corrected chi connectivity index (χ4v) is 3.60. The molecule has 1 saturated heterocycles. The van der Waals surface area contributed by atoms with E-state index in [-0.39, 0.29) is 17.2 Å². The summed E-state index contributed by atoms with van der Waals surface area (Å²) in [5.74, 6) is 0.00742. The van der Waals surface area contributed by atoms with Gasteiger partial charge in [-0.25, -0.2) is 4.28 Å². The molecule has 1 aliphatic heterocycles. The molecule has 2 rings (SSSR count). The second-order valence-corrected chi connectivity index (χ2v) is 7.82. The minimum Gasteiger partial charge on any atom is -0.508 e. The fraction of sp³-hybridized carbons (Fsp3) is 0.500. The van der Waals surface area contributed by atoms with Gasteiger partial charge in [0.1, 0.15) is 40.6 Å². The summed E-state index contributed by atoms with van der Waals surface area (Å²) in [4.78, 5) is 0. The molecule has 0 unspecified atom stereocenters. The normalized spacial score (nSPS) is 29.5. The number of hydrogen-bond acceptors (Lipinski definition) is 11. The van der Waals surface area contributed by atoms with Gasteiger partial charge < -0.3 is 30.3 Å². The fourth-order valence-electron chi connectivity index (χ4n) is 2.27. The number of hydrogen-bond donors (Lipinski definition) is 6. The van der Waals surface area contributed by atoms with Crippen LogP contribution in [-0.2, 0) is 25.8 Å². The van der Waals surface area contributed by atoms with Crippen molar-refractivity contribution in [1.29, 1.82) is 0 Å². The van der Waals surface area contributed by atoms with Crippen molar-refractivity contribution in [1.82, 2.24) is 0 Å². The summed E-state index contributed by atoms with van der Waals surface area (Å²) >= 11 is 0.671. The molecule has 1 aliphatic rings. The Hall–Kier alpha value is -1.45. The second-order valence-electron chi connectivity index (χ2n) is 5.65. The Morgan fingerprint density at radius 1 is 1.15 bits per heavy atom. The Morgan fingerprint density at radius 2 is 1.78 bits per heavy atom. The van der Waals surface area contributed by atoms with Gasteiger partial charge in [-0.2, -0.15) is 8.42 Å². The highest BCUT2D eigenvalue weighted by Gasteiger charge is 2.44. The number of rotatable bonds is 6. The third-order valence-electron chi connectivity index (χ3n) is 3.63. The van der Waals surface area contributed by atoms with Gasteiger partial charge in [0.25, 0.3) is 0 Å². The van der Waals surface area contributed by atoms with Gasteiger partial charge in [-0.3, -0.25) is 4.55 Å². The number of ether oxygens (including phenoxy) is 1. The molecule has 6 N–H and O–H groups in total. The average Bonchev–Trinajstić information content (AvgIpc) is 2.61. The molecule has 13 heteroatoms. The second kappa shape index (κ2) is 9.16. The Kier molecular flexibility index (Phi) is 7.41. The molecular weight excluding hydrogens is 406 g/mol. The van der Waals surface area contributed by atoms with Crippen molar-refractivity contribution in [3.63, 3.8) is 0 Å². The van der Waals surface area contributed by atoms with Gasteiger partial charge in [-0.15, -0.1) is 0 Å². The van der Waals surface area contributed by atoms with Crippen LogP contribution in [0.15, 0.2) is 29.4 Å². The SMILES string of the molecule is O=S(=O)(O)O/N=C(/Cc1ccc(O)cc1)S[C@H]1O[C@@H](CO)[C@H](O)[C@H](O)[C@H]1O. The van der Waals surface area contributed by atoms with Crippen molar-refractivity contribution >= 4 is 27.2 Å². The summed E-state index contributed by atoms with van der Waals surface area (Å²) in [5.41, 5.74) is -0.649. The molecule has 0 aromatic heterocycles. The van der Waals surface area contributed by atoms with E-state index in [2.05, 4.69) is 9.44 Å². The molecule has 1 aromatic carbocycles. The first-order valence-electron chi connectivity index (χ1n) is 7.58. The topological polar surface area (TPSA) is 186 Å². The molecule has 5 atom stereocenters. The predicted octanol–water partition coefficient (Wildman–Crippen LogP) is -1.40. The number of aromatic hydroxyl groups is 1. The number of aliphatic hydroxyl groups excluding tert-OH is 4. The molecule has 1 aromatic rings. The molecule has 0 spiro atoms. The molecule has 0 saturated carbocycles. The van der Waals surface area contributed by atoms with Crippen LogP contribution in [0.3, 0.4) is 0 Å². The zero-order valence-electron chi connectivity index (χ0n) is 13.7. The van der Waals surface area contributed by atoms with Crippen LogP contribution in [0.2, 0.25) is 0 Å². The van der Waals surface area contributed by atoms with E-state index in [1.165, 1.54) is 24.3 Å². The largest absolute Gasteiger partial charge is 0.508 e. The number of benzene rings is 1. The number of nitrogens with zero attached hydrogens (tertiary/aromatic N) is 1. The van der Waals surface area contributed by atoms with Crippen molar-refractivity contribution < 1.29 is 47.5 Å². The van der Waals surface area contributed by atoms with Gasteiger partial charge >= 0.3 is 10.4 Å². The van der Waals surface area contributed by atoms with E-state index in [1.54, 1.807) is 0 Å². The van der Waals surface area contributed by atoms with Crippen molar-refractivity contribution in [2.24, 2.45) is 5.16 Å². The van der Waals surface area contributed by atoms with Gasteiger partial charge in [0.05, 0.1) is 6.61 Å². The van der Waals surface area contributed by atoms with E-state index in [1.807, 2.05) is 0 Å². The van der Waals surface area contributed by atoms with Gasteiger partial charge in [0.2, 0.25) is 0 Å². The first-order valence-corrected chi connectivity index (χ1v) is 9.83. The summed E-state index contributed by atoms with van der Waals surface area (Å²) in [6.07, 6.45) is -5.93. The summed E-state index contributed by atoms with van der Waals surface area (Å²) < 4.78 is 39.6. The first kappa shape index (κ1) is 21.8. The number of oxime groups is 1. The minimum atomic E-state index is -4.88. The minimum absolute atomic E-state index is 0.00742. The van der Waals surface area contributed by atoms with Crippen molar-refractivity contribution in [2.45, 2.75) is 36.3 Å². The lowest BCUT2D eigenvalue weighted by molar-refractivity contribution is -0.205. The number of aliphatic hydroxyl groups is 4. The molecule has 0 bridgehead atoms. The Bertz CT molecular complexity index is 752. The van der Waals surface area contributed by atoms with Crippen LogP contribution in [0.25, 0.3) is 0 Å². The average molecular weight is 425 g/mol. The smallest absolute Gasteiger partial charge is 0.466 e. The third-order valence-corrected chi connectivity index (χ3v) is 5.00. The lowest BCUT2D eigenvalue weighted by Gasteiger charge is -2.39. The standard InChI is InChI=1S/C14H19NO10S2/c16-6-9-11(18)12(19)13(20)14(24-9)26-10(15-25-27(21,22)23)5-7-1-3-8(17)4-2-7/h1-4,9,11-14,16-20H,5-6H2,(H,21,22,23)/b15-10-/t9-,11-,12-,13+,14+/m0/s1. The van der Waals surface area contributed by atoms with Crippen LogP contribution in [-0.4, -0.2) is 80.0 Å². The Labute approximate surface area is 158 Å². The molecule has 1 fully saturated rings.